The zero-order chi connectivity index (χ0) is 14.5. The summed E-state index contributed by atoms with van der Waals surface area (Å²) >= 11 is 0. The zero-order valence-corrected chi connectivity index (χ0v) is 11.9. The molecule has 3 rings (SSSR count). The summed E-state index contributed by atoms with van der Waals surface area (Å²) in [6.45, 7) is 2.43. The average Bonchev–Trinajstić information content (AvgIpc) is 2.54. The molecule has 1 aromatic carbocycles. The lowest BCUT2D eigenvalue weighted by Gasteiger charge is -2.25. The highest BCUT2D eigenvalue weighted by atomic mass is 16.2. The standard InChI is InChI=1S/C15H19N5O/c21-14(10-20-8-4-1-5-9-20)18-19-15-12-6-2-3-7-13(12)16-11-17-15/h2-3,6-7,11H,1,4-5,8-10H2,(H,18,21)(H,16,17,19). The summed E-state index contributed by atoms with van der Waals surface area (Å²) < 4.78 is 0. The highest BCUT2D eigenvalue weighted by Gasteiger charge is 2.13. The van der Waals surface area contributed by atoms with E-state index in [1.165, 1.54) is 25.6 Å². The van der Waals surface area contributed by atoms with E-state index in [0.29, 0.717) is 12.4 Å². The molecule has 0 aliphatic carbocycles. The van der Waals surface area contributed by atoms with Crippen molar-refractivity contribution in [1.82, 2.24) is 20.3 Å². The zero-order valence-electron chi connectivity index (χ0n) is 11.9. The number of likely N-dealkylation sites (tertiary alicyclic amines) is 1. The van der Waals surface area contributed by atoms with Crippen molar-refractivity contribution in [2.24, 2.45) is 0 Å². The first-order chi connectivity index (χ1) is 10.3. The van der Waals surface area contributed by atoms with Crippen molar-refractivity contribution in [3.63, 3.8) is 0 Å². The van der Waals surface area contributed by atoms with E-state index >= 15 is 0 Å². The number of benzene rings is 1. The molecule has 2 aromatic rings. The van der Waals surface area contributed by atoms with E-state index in [0.717, 1.165) is 24.0 Å². The van der Waals surface area contributed by atoms with Crippen molar-refractivity contribution >= 4 is 22.6 Å². The lowest BCUT2D eigenvalue weighted by molar-refractivity contribution is -0.121. The second kappa shape index (κ2) is 6.49. The van der Waals surface area contributed by atoms with Gasteiger partial charge >= 0.3 is 0 Å². The number of nitrogens with one attached hydrogen (secondary N) is 2. The third-order valence-corrected chi connectivity index (χ3v) is 3.68. The maximum Gasteiger partial charge on any atom is 0.252 e. The Morgan fingerprint density at radius 1 is 1.14 bits per heavy atom. The summed E-state index contributed by atoms with van der Waals surface area (Å²) in [5, 5.41) is 0.887. The van der Waals surface area contributed by atoms with E-state index < -0.39 is 0 Å². The molecule has 1 aromatic heterocycles. The molecule has 21 heavy (non-hydrogen) atoms. The minimum atomic E-state index is -0.0420. The number of piperidine rings is 1. The number of nitrogens with zero attached hydrogens (tertiary/aromatic N) is 3. The van der Waals surface area contributed by atoms with E-state index in [1.54, 1.807) is 0 Å². The minimum absolute atomic E-state index is 0.0420. The summed E-state index contributed by atoms with van der Waals surface area (Å²) in [7, 11) is 0. The van der Waals surface area contributed by atoms with Crippen molar-refractivity contribution in [1.29, 1.82) is 0 Å². The molecule has 2 heterocycles. The first-order valence-electron chi connectivity index (χ1n) is 7.30. The topological polar surface area (TPSA) is 70.2 Å². The summed E-state index contributed by atoms with van der Waals surface area (Å²) in [5.74, 6) is 0.576. The van der Waals surface area contributed by atoms with Gasteiger partial charge in [-0.3, -0.25) is 20.5 Å². The highest BCUT2D eigenvalue weighted by molar-refractivity contribution is 5.89. The Labute approximate surface area is 123 Å². The second-order valence-corrected chi connectivity index (χ2v) is 5.25. The van der Waals surface area contributed by atoms with E-state index in [9.17, 15) is 4.79 Å². The maximum atomic E-state index is 12.0. The Morgan fingerprint density at radius 2 is 1.95 bits per heavy atom. The molecule has 110 valence electrons. The SMILES string of the molecule is O=C(CN1CCCCC1)NNc1ncnc2ccccc12. The van der Waals surface area contributed by atoms with Crippen molar-refractivity contribution < 1.29 is 4.79 Å². The fourth-order valence-electron chi connectivity index (χ4n) is 2.59. The van der Waals surface area contributed by atoms with Crippen molar-refractivity contribution in [3.8, 4) is 0 Å². The molecule has 0 radical (unpaired) electrons. The van der Waals surface area contributed by atoms with E-state index in [2.05, 4.69) is 25.7 Å². The molecule has 0 unspecified atom stereocenters. The number of hydrogen-bond acceptors (Lipinski definition) is 5. The number of anilines is 1. The lowest BCUT2D eigenvalue weighted by Crippen LogP contribution is -2.41. The van der Waals surface area contributed by atoms with Gasteiger partial charge in [-0.15, -0.1) is 0 Å². The smallest absolute Gasteiger partial charge is 0.252 e. The van der Waals surface area contributed by atoms with Crippen LogP contribution in [0.5, 0.6) is 0 Å². The predicted molar refractivity (Wildman–Crippen MR) is 81.6 cm³/mol. The van der Waals surface area contributed by atoms with Crippen LogP contribution in [0.4, 0.5) is 5.82 Å². The fourth-order valence-corrected chi connectivity index (χ4v) is 2.59. The third kappa shape index (κ3) is 3.46. The first kappa shape index (κ1) is 13.8. The van der Waals surface area contributed by atoms with Crippen molar-refractivity contribution in [2.45, 2.75) is 19.3 Å². The summed E-state index contributed by atoms with van der Waals surface area (Å²) in [6.07, 6.45) is 5.11. The number of carbonyl (C=O) groups is 1. The van der Waals surface area contributed by atoms with E-state index in [4.69, 9.17) is 0 Å². The van der Waals surface area contributed by atoms with Gasteiger partial charge in [0.05, 0.1) is 12.1 Å². The summed E-state index contributed by atoms with van der Waals surface area (Å²) in [5.41, 5.74) is 6.46. The Kier molecular flexibility index (Phi) is 4.25. The Bertz CT molecular complexity index is 619. The second-order valence-electron chi connectivity index (χ2n) is 5.25. The van der Waals surface area contributed by atoms with Gasteiger partial charge in [0, 0.05) is 5.39 Å². The molecule has 6 heteroatoms. The molecule has 1 aliphatic heterocycles. The molecular formula is C15H19N5O. The van der Waals surface area contributed by atoms with Crippen LogP contribution in [-0.4, -0.2) is 40.4 Å². The number of rotatable bonds is 4. The molecule has 0 bridgehead atoms. The molecular weight excluding hydrogens is 266 g/mol. The Morgan fingerprint density at radius 3 is 2.81 bits per heavy atom. The van der Waals surface area contributed by atoms with Gasteiger partial charge in [-0.1, -0.05) is 18.6 Å². The molecule has 0 spiro atoms. The monoisotopic (exact) mass is 285 g/mol. The molecule has 6 nitrogen and oxygen atoms in total. The van der Waals surface area contributed by atoms with Gasteiger partial charge in [0.25, 0.3) is 5.91 Å². The van der Waals surface area contributed by atoms with Gasteiger partial charge in [0.15, 0.2) is 5.82 Å². The molecule has 1 saturated heterocycles. The molecule has 1 aliphatic rings. The van der Waals surface area contributed by atoms with Gasteiger partial charge in [-0.2, -0.15) is 0 Å². The third-order valence-electron chi connectivity index (χ3n) is 3.68. The van der Waals surface area contributed by atoms with Gasteiger partial charge < -0.3 is 0 Å². The van der Waals surface area contributed by atoms with Gasteiger partial charge in [0.2, 0.25) is 0 Å². The van der Waals surface area contributed by atoms with Crippen LogP contribution in [0.3, 0.4) is 0 Å². The highest BCUT2D eigenvalue weighted by Crippen LogP contribution is 2.17. The number of para-hydroxylation sites is 1. The molecule has 1 amide bonds. The quantitative estimate of drug-likeness (QED) is 0.834. The molecule has 2 N–H and O–H groups in total. The lowest BCUT2D eigenvalue weighted by atomic mass is 10.1. The largest absolute Gasteiger partial charge is 0.294 e. The Balaban J connectivity index is 1.59. The van der Waals surface area contributed by atoms with Crippen molar-refractivity contribution in [2.75, 3.05) is 25.1 Å². The van der Waals surface area contributed by atoms with Crippen LogP contribution in [0.25, 0.3) is 10.9 Å². The molecule has 0 saturated carbocycles. The minimum Gasteiger partial charge on any atom is -0.294 e. The van der Waals surface area contributed by atoms with E-state index in [1.807, 2.05) is 24.3 Å². The van der Waals surface area contributed by atoms with Gasteiger partial charge in [-0.25, -0.2) is 9.97 Å². The van der Waals surface area contributed by atoms with Gasteiger partial charge in [0.1, 0.15) is 6.33 Å². The molecule has 1 fully saturated rings. The van der Waals surface area contributed by atoms with Crippen LogP contribution in [-0.2, 0) is 4.79 Å². The number of fused-ring (bicyclic) bond motifs is 1. The fraction of sp³-hybridized carbons (Fsp3) is 0.400. The number of aromatic nitrogens is 2. The van der Waals surface area contributed by atoms with E-state index in [-0.39, 0.29) is 5.91 Å². The van der Waals surface area contributed by atoms with Crippen molar-refractivity contribution in [3.05, 3.63) is 30.6 Å². The first-order valence-corrected chi connectivity index (χ1v) is 7.30. The number of hydrazine groups is 1. The number of hydrogen-bond donors (Lipinski definition) is 2. The maximum absolute atomic E-state index is 12.0. The van der Waals surface area contributed by atoms with Crippen LogP contribution in [0, 0.1) is 0 Å². The van der Waals surface area contributed by atoms with Crippen LogP contribution in [0.1, 0.15) is 19.3 Å². The number of carbonyl (C=O) groups excluding carboxylic acids is 1. The normalized spacial score (nSPS) is 15.8. The molecule has 0 atom stereocenters. The van der Waals surface area contributed by atoms with Crippen LogP contribution in [0.2, 0.25) is 0 Å². The number of amides is 1. The summed E-state index contributed by atoms with van der Waals surface area (Å²) in [4.78, 5) is 22.5. The van der Waals surface area contributed by atoms with Crippen LogP contribution >= 0.6 is 0 Å². The van der Waals surface area contributed by atoms with Crippen LogP contribution < -0.4 is 10.9 Å². The van der Waals surface area contributed by atoms with Crippen LogP contribution in [0.15, 0.2) is 30.6 Å². The Hall–Kier alpha value is -2.21. The summed E-state index contributed by atoms with van der Waals surface area (Å²) in [6, 6.07) is 7.69. The average molecular weight is 285 g/mol. The predicted octanol–water partition coefficient (Wildman–Crippen LogP) is 1.56. The van der Waals surface area contributed by atoms with Gasteiger partial charge in [-0.05, 0) is 38.1 Å².